The van der Waals surface area contributed by atoms with E-state index in [1.807, 2.05) is 0 Å². The fourth-order valence-electron chi connectivity index (χ4n) is 8.13. The molecule has 4 aromatic rings. The first-order valence-corrected chi connectivity index (χ1v) is 24.9. The van der Waals surface area contributed by atoms with Crippen molar-refractivity contribution in [1.82, 2.24) is 36.9 Å². The van der Waals surface area contributed by atoms with Crippen LogP contribution < -0.4 is 72.0 Å². The molecule has 0 radical (unpaired) electrons. The van der Waals surface area contributed by atoms with Crippen molar-refractivity contribution in [1.29, 1.82) is 0 Å². The monoisotopic (exact) mass is 1100 g/mol. The largest absolute Gasteiger partial charge is 0.478 e. The molecule has 1 aromatic heterocycles. The molecule has 0 unspecified atom stereocenters. The highest BCUT2D eigenvalue weighted by atomic mass is 16.4. The zero-order valence-corrected chi connectivity index (χ0v) is 43.4. The second-order valence-corrected chi connectivity index (χ2v) is 18.3. The number of nitrogens with zero attached hydrogens (tertiary/aromatic N) is 3. The van der Waals surface area contributed by atoms with Gasteiger partial charge in [0.05, 0.1) is 11.1 Å². The normalized spacial score (nSPS) is 13.1. The van der Waals surface area contributed by atoms with E-state index in [2.05, 4.69) is 51.9 Å². The van der Waals surface area contributed by atoms with Gasteiger partial charge in [-0.25, -0.2) is 9.59 Å². The van der Waals surface area contributed by atoms with E-state index in [-0.39, 0.29) is 106 Å². The van der Waals surface area contributed by atoms with Gasteiger partial charge in [-0.15, -0.1) is 0 Å². The third-order valence-electron chi connectivity index (χ3n) is 12.1. The molecule has 28 heteroatoms. The van der Waals surface area contributed by atoms with Crippen molar-refractivity contribution >= 4 is 82.1 Å². The number of aliphatic imine (C=N–C) groups is 3. The van der Waals surface area contributed by atoms with E-state index in [0.29, 0.717) is 16.7 Å². The molecule has 0 saturated carbocycles. The molecule has 0 aliphatic carbocycles. The molecule has 0 aliphatic rings. The smallest absolute Gasteiger partial charge is 0.335 e. The minimum absolute atomic E-state index is 0.0138. The van der Waals surface area contributed by atoms with Crippen LogP contribution in [-0.4, -0.2) is 142 Å². The van der Waals surface area contributed by atoms with Crippen LogP contribution in [0.2, 0.25) is 0 Å². The summed E-state index contributed by atoms with van der Waals surface area (Å²) in [4.78, 5) is 136. The van der Waals surface area contributed by atoms with E-state index in [4.69, 9.17) is 40.1 Å². The average molecular weight is 1100 g/mol. The summed E-state index contributed by atoms with van der Waals surface area (Å²) in [6.45, 7) is 1.39. The molecule has 28 nitrogen and oxygen atoms in total. The summed E-state index contributed by atoms with van der Waals surface area (Å²) in [5.41, 5.74) is 40.5. The molecule has 79 heavy (non-hydrogen) atoms. The standard InChI is InChI=1S/C51H69N17O11/c1-27(69)63-36(10-5-21-60-50(55)56)42(71)66-39(24-29-14-18-31(19-15-29)48(78)79)45(74)67-38(23-28-12-16-30(17-13-28)47(76)77)44(73)65-37(11-6-22-61-51(57)58)43(72)68-40(25-32-26-62-34-8-3-2-7-33(32)34)46(75)64-35(41(52)70)9-4-20-59-49(53)54/h2-3,7-8,12-19,26,35-40,62H,4-6,9-11,20-25H2,1H3,(H2,52,70)(H,63,69)(H,64,75)(H,65,73)(H,66,71)(H,67,74)(H,68,72)(H,76,77)(H,78,79)(H4,53,54,59)(H4,55,56,60)(H4,57,58,61)/t35-,36-,37-,38-,39-,40-/m0/s1. The maximum atomic E-state index is 14.8. The number of carboxylic acid groups (broad SMARTS) is 2. The number of aromatic carboxylic acids is 2. The number of hydrogen-bond acceptors (Lipinski definition) is 12. The minimum Gasteiger partial charge on any atom is -0.478 e. The molecule has 424 valence electrons. The third kappa shape index (κ3) is 21.1. The Morgan fingerprint density at radius 2 is 0.823 bits per heavy atom. The van der Waals surface area contributed by atoms with Gasteiger partial charge in [-0.1, -0.05) is 42.5 Å². The number of carboxylic acids is 2. The van der Waals surface area contributed by atoms with E-state index in [1.165, 1.54) is 55.5 Å². The maximum absolute atomic E-state index is 14.8. The van der Waals surface area contributed by atoms with Crippen molar-refractivity contribution in [3.05, 3.63) is 107 Å². The quantitative estimate of drug-likeness (QED) is 0.0133. The number of benzene rings is 3. The van der Waals surface area contributed by atoms with Crippen LogP contribution in [0.15, 0.2) is 94.0 Å². The van der Waals surface area contributed by atoms with Gasteiger partial charge in [0.2, 0.25) is 41.4 Å². The van der Waals surface area contributed by atoms with Crippen molar-refractivity contribution < 1.29 is 53.4 Å². The molecular weight excluding hydrogens is 1030 g/mol. The van der Waals surface area contributed by atoms with Gasteiger partial charge >= 0.3 is 11.9 Å². The lowest BCUT2D eigenvalue weighted by Crippen LogP contribution is -2.60. The fraction of sp³-hybridized carbons (Fsp3) is 0.373. The molecule has 6 atom stereocenters. The number of guanidine groups is 3. The Bertz CT molecular complexity index is 2880. The lowest BCUT2D eigenvalue weighted by Gasteiger charge is -2.28. The van der Waals surface area contributed by atoms with Crippen molar-refractivity contribution in [2.24, 2.45) is 55.1 Å². The Morgan fingerprint density at radius 3 is 1.22 bits per heavy atom. The number of rotatable bonds is 32. The number of para-hydroxylation sites is 1. The summed E-state index contributed by atoms with van der Waals surface area (Å²) in [6.07, 6.45) is 1.35. The van der Waals surface area contributed by atoms with Gasteiger partial charge < -0.3 is 87.2 Å². The van der Waals surface area contributed by atoms with Crippen LogP contribution in [0.1, 0.15) is 82.9 Å². The van der Waals surface area contributed by atoms with Crippen LogP contribution in [0.5, 0.6) is 0 Å². The Morgan fingerprint density at radius 1 is 0.468 bits per heavy atom. The lowest BCUT2D eigenvalue weighted by molar-refractivity contribution is -0.135. The van der Waals surface area contributed by atoms with Crippen LogP contribution in [0.3, 0.4) is 0 Å². The number of primary amides is 1. The first-order valence-electron chi connectivity index (χ1n) is 24.9. The van der Waals surface area contributed by atoms with Gasteiger partial charge in [-0.05, 0) is 85.5 Å². The van der Waals surface area contributed by atoms with Crippen LogP contribution in [0, 0.1) is 0 Å². The molecule has 1 heterocycles. The van der Waals surface area contributed by atoms with E-state index in [9.17, 15) is 53.4 Å². The van der Waals surface area contributed by atoms with Gasteiger partial charge in [0.15, 0.2) is 17.9 Å². The summed E-state index contributed by atoms with van der Waals surface area (Å²) in [7, 11) is 0. The number of H-pyrrole nitrogens is 1. The zero-order chi connectivity index (χ0) is 58.2. The van der Waals surface area contributed by atoms with Gasteiger partial charge in [0.1, 0.15) is 36.3 Å². The Balaban J connectivity index is 1.75. The number of aromatic nitrogens is 1. The van der Waals surface area contributed by atoms with Crippen LogP contribution in [0.25, 0.3) is 10.9 Å². The van der Waals surface area contributed by atoms with Crippen molar-refractivity contribution in [2.75, 3.05) is 19.6 Å². The van der Waals surface area contributed by atoms with Gasteiger partial charge in [-0.3, -0.25) is 48.5 Å². The van der Waals surface area contributed by atoms with Crippen molar-refractivity contribution in [3.63, 3.8) is 0 Å². The summed E-state index contributed by atoms with van der Waals surface area (Å²) >= 11 is 0. The third-order valence-corrected chi connectivity index (χ3v) is 12.1. The number of amides is 7. The molecule has 0 aliphatic heterocycles. The topological polar surface area (TPSA) is 501 Å². The highest BCUT2D eigenvalue weighted by Crippen LogP contribution is 2.20. The molecule has 3 aromatic carbocycles. The van der Waals surface area contributed by atoms with Crippen molar-refractivity contribution in [3.8, 4) is 0 Å². The van der Waals surface area contributed by atoms with Crippen LogP contribution in [-0.2, 0) is 52.8 Å². The van der Waals surface area contributed by atoms with Gasteiger partial charge in [0.25, 0.3) is 0 Å². The molecule has 23 N–H and O–H groups in total. The molecule has 0 bridgehead atoms. The molecule has 7 amide bonds. The summed E-state index contributed by atoms with van der Waals surface area (Å²) in [5.74, 6) is -8.99. The number of nitrogens with one attached hydrogen (secondary N) is 7. The molecule has 4 rings (SSSR count). The highest BCUT2D eigenvalue weighted by molar-refractivity contribution is 5.98. The van der Waals surface area contributed by atoms with Gasteiger partial charge in [0, 0.05) is 62.9 Å². The average Bonchev–Trinajstić information content (AvgIpc) is 3.89. The summed E-state index contributed by atoms with van der Waals surface area (Å²) in [5, 5.41) is 35.7. The van der Waals surface area contributed by atoms with E-state index in [1.54, 1.807) is 30.5 Å². The molecule has 0 saturated heterocycles. The Labute approximate surface area is 453 Å². The first kappa shape index (κ1) is 61.8. The van der Waals surface area contributed by atoms with Gasteiger partial charge in [-0.2, -0.15) is 0 Å². The number of aromatic amines is 1. The van der Waals surface area contributed by atoms with Crippen LogP contribution in [0.4, 0.5) is 0 Å². The number of fused-ring (bicyclic) bond motifs is 1. The molecule has 0 spiro atoms. The maximum Gasteiger partial charge on any atom is 0.335 e. The first-order chi connectivity index (χ1) is 37.5. The minimum atomic E-state index is -1.59. The Kier molecular flexibility index (Phi) is 24.0. The number of carbonyl (C=O) groups is 9. The number of carbonyl (C=O) groups excluding carboxylic acids is 7. The predicted molar refractivity (Wildman–Crippen MR) is 292 cm³/mol. The predicted octanol–water partition coefficient (Wildman–Crippen LogP) is -2.83. The second kappa shape index (κ2) is 30.7. The van der Waals surface area contributed by atoms with Crippen molar-refractivity contribution in [2.45, 2.75) is 101 Å². The lowest BCUT2D eigenvalue weighted by atomic mass is 9.99. The highest BCUT2D eigenvalue weighted by Gasteiger charge is 2.34. The number of nitrogens with two attached hydrogens (primary N) is 7. The van der Waals surface area contributed by atoms with E-state index >= 15 is 0 Å². The SMILES string of the molecule is CC(=O)N[C@@H](CCCN=C(N)N)C(=O)N[C@@H](Cc1ccc(C(=O)O)cc1)C(=O)N[C@@H](Cc1ccc(C(=O)O)cc1)C(=O)N[C@@H](CCCN=C(N)N)C(=O)N[C@@H](Cc1c[nH]c2ccccc12)C(=O)N[C@@H](CCCN=C(N)N)C(N)=O. The fourth-order valence-corrected chi connectivity index (χ4v) is 8.13. The van der Waals surface area contributed by atoms with E-state index < -0.39 is 89.5 Å². The van der Waals surface area contributed by atoms with E-state index in [0.717, 1.165) is 10.9 Å². The second-order valence-electron chi connectivity index (χ2n) is 18.3. The molecular formula is C51H69N17O11. The van der Waals surface area contributed by atoms with Crippen LogP contribution >= 0.6 is 0 Å². The number of hydrogen-bond donors (Lipinski definition) is 16. The zero-order valence-electron chi connectivity index (χ0n) is 43.4. The Hall–Kier alpha value is -9.76. The molecule has 0 fully saturated rings. The summed E-state index contributed by atoms with van der Waals surface area (Å²) in [6, 6.07) is 9.55. The summed E-state index contributed by atoms with van der Waals surface area (Å²) < 4.78 is 0.